The Hall–Kier alpha value is -2.55. The molecule has 0 aromatic heterocycles. The molecule has 1 N–H and O–H groups in total. The minimum Gasteiger partial charge on any atom is -0.481 e. The highest BCUT2D eigenvalue weighted by atomic mass is 16.4. The lowest BCUT2D eigenvalue weighted by Crippen LogP contribution is -2.35. The number of nitrogens with zero attached hydrogens (tertiary/aromatic N) is 3. The Balaban J connectivity index is 2.35. The second-order valence-corrected chi connectivity index (χ2v) is 4.45. The van der Waals surface area contributed by atoms with Crippen LogP contribution < -0.4 is 4.90 Å². The third-order valence-electron chi connectivity index (χ3n) is 3.05. The molecular formula is C13H13N3O3. The highest BCUT2D eigenvalue weighted by molar-refractivity contribution is 5.95. The maximum absolute atomic E-state index is 12.1. The Morgan fingerprint density at radius 3 is 2.95 bits per heavy atom. The van der Waals surface area contributed by atoms with Crippen LogP contribution in [-0.2, 0) is 4.79 Å². The SMILES string of the molecule is CN1CC(CC(=O)O)N(c2cccc(C#N)c2)C1=O. The number of carboxylic acids is 1. The van der Waals surface area contributed by atoms with E-state index < -0.39 is 12.0 Å². The summed E-state index contributed by atoms with van der Waals surface area (Å²) in [5, 5.41) is 17.8. The summed E-state index contributed by atoms with van der Waals surface area (Å²) < 4.78 is 0. The zero-order valence-electron chi connectivity index (χ0n) is 10.4. The summed E-state index contributed by atoms with van der Waals surface area (Å²) in [6, 6.07) is 7.95. The van der Waals surface area contributed by atoms with Crippen LogP contribution in [0, 0.1) is 11.3 Å². The van der Waals surface area contributed by atoms with E-state index >= 15 is 0 Å². The van der Waals surface area contributed by atoms with Crippen LogP contribution >= 0.6 is 0 Å². The first kappa shape index (κ1) is 12.9. The largest absolute Gasteiger partial charge is 0.481 e. The average molecular weight is 259 g/mol. The van der Waals surface area contributed by atoms with Crippen molar-refractivity contribution in [3.8, 4) is 6.07 Å². The van der Waals surface area contributed by atoms with Crippen molar-refractivity contribution >= 4 is 17.7 Å². The summed E-state index contributed by atoms with van der Waals surface area (Å²) in [5.74, 6) is -0.950. The van der Waals surface area contributed by atoms with E-state index in [2.05, 4.69) is 0 Å². The highest BCUT2D eigenvalue weighted by Gasteiger charge is 2.37. The van der Waals surface area contributed by atoms with Gasteiger partial charge >= 0.3 is 12.0 Å². The van der Waals surface area contributed by atoms with Gasteiger partial charge in [-0.3, -0.25) is 9.69 Å². The zero-order chi connectivity index (χ0) is 14.0. The van der Waals surface area contributed by atoms with E-state index in [9.17, 15) is 9.59 Å². The number of benzene rings is 1. The molecule has 2 rings (SSSR count). The van der Waals surface area contributed by atoms with E-state index in [4.69, 9.17) is 10.4 Å². The number of rotatable bonds is 3. The van der Waals surface area contributed by atoms with E-state index in [0.717, 1.165) is 0 Å². The number of carboxylic acid groups (broad SMARTS) is 1. The van der Waals surface area contributed by atoms with Crippen molar-refractivity contribution in [2.45, 2.75) is 12.5 Å². The number of likely N-dealkylation sites (N-methyl/N-ethyl adjacent to an activating group) is 1. The van der Waals surface area contributed by atoms with Crippen LogP contribution in [0.2, 0.25) is 0 Å². The summed E-state index contributed by atoms with van der Waals surface area (Å²) >= 11 is 0. The molecule has 1 aromatic rings. The lowest BCUT2D eigenvalue weighted by Gasteiger charge is -2.22. The van der Waals surface area contributed by atoms with Crippen LogP contribution in [0.3, 0.4) is 0 Å². The van der Waals surface area contributed by atoms with Crippen molar-refractivity contribution in [3.05, 3.63) is 29.8 Å². The van der Waals surface area contributed by atoms with E-state index in [1.807, 2.05) is 6.07 Å². The van der Waals surface area contributed by atoms with E-state index in [-0.39, 0.29) is 12.5 Å². The fourth-order valence-corrected chi connectivity index (χ4v) is 2.22. The minimum absolute atomic E-state index is 0.118. The number of urea groups is 1. The molecule has 0 aliphatic carbocycles. The normalized spacial score (nSPS) is 18.5. The Bertz CT molecular complexity index is 564. The third-order valence-corrected chi connectivity index (χ3v) is 3.05. The predicted octanol–water partition coefficient (Wildman–Crippen LogP) is 1.27. The molecule has 19 heavy (non-hydrogen) atoms. The number of nitriles is 1. The van der Waals surface area contributed by atoms with Gasteiger partial charge in [-0.05, 0) is 18.2 Å². The summed E-state index contributed by atoms with van der Waals surface area (Å²) in [7, 11) is 1.63. The lowest BCUT2D eigenvalue weighted by atomic mass is 10.1. The molecule has 1 aliphatic heterocycles. The molecule has 0 bridgehead atoms. The molecule has 1 aromatic carbocycles. The number of carbonyl (C=O) groups is 2. The highest BCUT2D eigenvalue weighted by Crippen LogP contribution is 2.26. The van der Waals surface area contributed by atoms with Crippen LogP contribution in [0.15, 0.2) is 24.3 Å². The van der Waals surface area contributed by atoms with Crippen LogP contribution in [0.5, 0.6) is 0 Å². The maximum atomic E-state index is 12.1. The van der Waals surface area contributed by atoms with Crippen LogP contribution in [-0.4, -0.2) is 41.6 Å². The van der Waals surface area contributed by atoms with Crippen molar-refractivity contribution < 1.29 is 14.7 Å². The molecule has 0 saturated carbocycles. The molecule has 2 amide bonds. The summed E-state index contributed by atoms with van der Waals surface area (Å²) in [6.45, 7) is 0.363. The molecule has 0 spiro atoms. The predicted molar refractivity (Wildman–Crippen MR) is 67.7 cm³/mol. The minimum atomic E-state index is -0.950. The molecule has 6 heteroatoms. The average Bonchev–Trinajstić information content (AvgIpc) is 2.64. The van der Waals surface area contributed by atoms with Gasteiger partial charge in [0.15, 0.2) is 0 Å². The fourth-order valence-electron chi connectivity index (χ4n) is 2.22. The number of amides is 2. The smallest absolute Gasteiger partial charge is 0.324 e. The second-order valence-electron chi connectivity index (χ2n) is 4.45. The molecule has 98 valence electrons. The van der Waals surface area contributed by atoms with Gasteiger partial charge in [0, 0.05) is 19.3 Å². The first-order valence-corrected chi connectivity index (χ1v) is 5.79. The van der Waals surface area contributed by atoms with E-state index in [1.54, 1.807) is 31.3 Å². The first-order valence-electron chi connectivity index (χ1n) is 5.79. The van der Waals surface area contributed by atoms with Gasteiger partial charge in [0.25, 0.3) is 0 Å². The Morgan fingerprint density at radius 1 is 1.58 bits per heavy atom. The van der Waals surface area contributed by atoms with Gasteiger partial charge in [0.05, 0.1) is 24.1 Å². The van der Waals surface area contributed by atoms with Crippen LogP contribution in [0.1, 0.15) is 12.0 Å². The van der Waals surface area contributed by atoms with Crippen molar-refractivity contribution in [2.75, 3.05) is 18.5 Å². The van der Waals surface area contributed by atoms with E-state index in [1.165, 1.54) is 9.80 Å². The maximum Gasteiger partial charge on any atom is 0.324 e. The number of anilines is 1. The quantitative estimate of drug-likeness (QED) is 0.885. The van der Waals surface area contributed by atoms with Crippen molar-refractivity contribution in [1.82, 2.24) is 4.90 Å². The van der Waals surface area contributed by atoms with Gasteiger partial charge in [-0.25, -0.2) is 4.79 Å². The molecule has 1 heterocycles. The standard InChI is InChI=1S/C13H13N3O3/c1-15-8-11(6-12(17)18)16(13(15)19)10-4-2-3-9(5-10)7-14/h2-5,11H,6,8H2,1H3,(H,17,18). The Morgan fingerprint density at radius 2 is 2.32 bits per heavy atom. The van der Waals surface area contributed by atoms with E-state index in [0.29, 0.717) is 17.8 Å². The molecule has 1 atom stereocenters. The van der Waals surface area contributed by atoms with Crippen molar-refractivity contribution in [3.63, 3.8) is 0 Å². The Labute approximate surface area is 110 Å². The molecule has 1 fully saturated rings. The topological polar surface area (TPSA) is 84.6 Å². The van der Waals surface area contributed by atoms with Gasteiger partial charge in [-0.1, -0.05) is 6.07 Å². The van der Waals surface area contributed by atoms with Gasteiger partial charge in [0.2, 0.25) is 0 Å². The van der Waals surface area contributed by atoms with Gasteiger partial charge in [0.1, 0.15) is 0 Å². The molecule has 1 unspecified atom stereocenters. The number of aliphatic carboxylic acids is 1. The monoisotopic (exact) mass is 259 g/mol. The van der Waals surface area contributed by atoms with Crippen LogP contribution in [0.25, 0.3) is 0 Å². The lowest BCUT2D eigenvalue weighted by molar-refractivity contribution is -0.137. The van der Waals surface area contributed by atoms with Crippen molar-refractivity contribution in [1.29, 1.82) is 5.26 Å². The summed E-state index contributed by atoms with van der Waals surface area (Å²) in [5.41, 5.74) is 0.994. The zero-order valence-corrected chi connectivity index (χ0v) is 10.4. The number of carbonyl (C=O) groups excluding carboxylic acids is 1. The van der Waals surface area contributed by atoms with Crippen LogP contribution in [0.4, 0.5) is 10.5 Å². The van der Waals surface area contributed by atoms with Gasteiger partial charge < -0.3 is 10.0 Å². The number of hydrogen-bond acceptors (Lipinski definition) is 3. The Kier molecular flexibility index (Phi) is 3.38. The molecule has 1 aliphatic rings. The summed E-state index contributed by atoms with van der Waals surface area (Å²) in [4.78, 5) is 25.9. The van der Waals surface area contributed by atoms with Gasteiger partial charge in [-0.2, -0.15) is 5.26 Å². The molecule has 1 saturated heterocycles. The van der Waals surface area contributed by atoms with Crippen molar-refractivity contribution in [2.24, 2.45) is 0 Å². The molecular weight excluding hydrogens is 246 g/mol. The summed E-state index contributed by atoms with van der Waals surface area (Å²) in [6.07, 6.45) is -0.118. The van der Waals surface area contributed by atoms with Gasteiger partial charge in [-0.15, -0.1) is 0 Å². The second kappa shape index (κ2) is 4.98. The third kappa shape index (κ3) is 2.50. The fraction of sp³-hybridized carbons (Fsp3) is 0.308. The molecule has 6 nitrogen and oxygen atoms in total. The molecule has 0 radical (unpaired) electrons. The first-order chi connectivity index (χ1) is 9.02. The number of hydrogen-bond donors (Lipinski definition) is 1.